The van der Waals surface area contributed by atoms with E-state index in [1.807, 2.05) is 62.6 Å². The molecule has 0 spiro atoms. The molecule has 13 heteroatoms. The Hall–Kier alpha value is -3.53. The van der Waals surface area contributed by atoms with Gasteiger partial charge in [-0.2, -0.15) is 0 Å². The summed E-state index contributed by atoms with van der Waals surface area (Å²) < 4.78 is 57.8. The van der Waals surface area contributed by atoms with E-state index in [1.165, 1.54) is 0 Å². The second-order valence-electron chi connectivity index (χ2n) is 13.4. The molecular weight excluding hydrogens is 708 g/mol. The van der Waals surface area contributed by atoms with Crippen LogP contribution >= 0.6 is 0 Å². The minimum atomic E-state index is 0.0633. The topological polar surface area (TPSA) is 116 Å². The molecule has 0 amide bonds. The summed E-state index contributed by atoms with van der Waals surface area (Å²) >= 11 is 0. The maximum atomic E-state index is 13.9. The van der Waals surface area contributed by atoms with E-state index in [4.69, 9.17) is 47.4 Å². The van der Waals surface area contributed by atoms with Crippen LogP contribution in [0.3, 0.4) is 0 Å². The van der Waals surface area contributed by atoms with Crippen molar-refractivity contribution in [2.45, 2.75) is 19.3 Å². The quantitative estimate of drug-likeness (QED) is 0.394. The average molecular weight is 769 g/mol. The number of carbonyl (C=O) groups excluding carboxylic acids is 1. The van der Waals surface area contributed by atoms with E-state index in [1.54, 1.807) is 0 Å². The maximum Gasteiger partial charge on any atom is 0.185 e. The zero-order valence-electron chi connectivity index (χ0n) is 32.8. The first kappa shape index (κ1) is 42.6. The molecule has 5 rings (SSSR count). The highest BCUT2D eigenvalue weighted by Gasteiger charge is 2.22. The van der Waals surface area contributed by atoms with Gasteiger partial charge in [0, 0.05) is 38.3 Å². The summed E-state index contributed by atoms with van der Waals surface area (Å²) in [6, 6.07) is 12.2. The van der Waals surface area contributed by atoms with Crippen LogP contribution < -0.4 is 19.3 Å². The van der Waals surface area contributed by atoms with Gasteiger partial charge in [0.05, 0.1) is 117 Å². The normalized spacial score (nSPS) is 22.3. The SMILES string of the molecule is CN1CCOCCOCCOCCOCCOc2cc(/C=C3\CCC/C(=C\c4ccc5c(c4)OCCOCCOCCOCCOCCN5C)C3=O)ccc21. The summed E-state index contributed by atoms with van der Waals surface area (Å²) in [6.07, 6.45) is 6.30. The van der Waals surface area contributed by atoms with Gasteiger partial charge in [-0.1, -0.05) is 12.1 Å². The third kappa shape index (κ3) is 15.1. The van der Waals surface area contributed by atoms with E-state index in [9.17, 15) is 4.79 Å². The Morgan fingerprint density at radius 1 is 0.455 bits per heavy atom. The van der Waals surface area contributed by atoms with Gasteiger partial charge in [-0.25, -0.2) is 0 Å². The van der Waals surface area contributed by atoms with E-state index in [2.05, 4.69) is 9.80 Å². The van der Waals surface area contributed by atoms with Crippen molar-refractivity contribution in [3.05, 3.63) is 58.7 Å². The van der Waals surface area contributed by atoms with Crippen LogP contribution in [0.1, 0.15) is 30.4 Å². The number of hydrogen-bond acceptors (Lipinski definition) is 13. The number of benzene rings is 2. The van der Waals surface area contributed by atoms with Crippen LogP contribution in [0.5, 0.6) is 11.5 Å². The van der Waals surface area contributed by atoms with Crippen molar-refractivity contribution in [3.8, 4) is 11.5 Å². The number of nitrogens with zero attached hydrogens (tertiary/aromatic N) is 2. The largest absolute Gasteiger partial charge is 0.489 e. The molecule has 1 aliphatic carbocycles. The lowest BCUT2D eigenvalue weighted by molar-refractivity contribution is -0.112. The molecule has 2 heterocycles. The van der Waals surface area contributed by atoms with Gasteiger partial charge < -0.3 is 57.2 Å². The fraction of sp³-hybridized carbons (Fsp3) is 0.595. The Morgan fingerprint density at radius 2 is 0.782 bits per heavy atom. The molecule has 0 aromatic heterocycles. The van der Waals surface area contributed by atoms with Gasteiger partial charge in [-0.15, -0.1) is 0 Å². The summed E-state index contributed by atoms with van der Waals surface area (Å²) in [5, 5.41) is 0. The van der Waals surface area contributed by atoms with Crippen molar-refractivity contribution in [3.63, 3.8) is 0 Å². The third-order valence-electron chi connectivity index (χ3n) is 9.29. The van der Waals surface area contributed by atoms with E-state index < -0.39 is 0 Å². The molecule has 3 aliphatic rings. The number of hydrogen-bond donors (Lipinski definition) is 0. The smallest absolute Gasteiger partial charge is 0.185 e. The molecule has 2 aliphatic heterocycles. The van der Waals surface area contributed by atoms with Gasteiger partial charge in [0.15, 0.2) is 5.78 Å². The number of allylic oxidation sites excluding steroid dienone is 2. The Bertz CT molecular complexity index is 1390. The number of ether oxygens (including phenoxy) is 10. The lowest BCUT2D eigenvalue weighted by Gasteiger charge is -2.23. The van der Waals surface area contributed by atoms with Crippen molar-refractivity contribution >= 4 is 29.3 Å². The molecule has 13 nitrogen and oxygen atoms in total. The van der Waals surface area contributed by atoms with Crippen LogP contribution in [0, 0.1) is 0 Å². The van der Waals surface area contributed by atoms with Crippen LogP contribution in [-0.2, 0) is 42.7 Å². The molecule has 2 aromatic rings. The summed E-state index contributed by atoms with van der Waals surface area (Å²) in [7, 11) is 4.04. The van der Waals surface area contributed by atoms with Crippen LogP contribution in [-0.4, -0.2) is 152 Å². The minimum Gasteiger partial charge on any atom is -0.489 e. The molecular formula is C42H60N2O11. The molecule has 1 saturated carbocycles. The lowest BCUT2D eigenvalue weighted by atomic mass is 9.86. The monoisotopic (exact) mass is 768 g/mol. The average Bonchev–Trinajstić information content (AvgIpc) is 3.18. The predicted molar refractivity (Wildman–Crippen MR) is 212 cm³/mol. The van der Waals surface area contributed by atoms with Crippen molar-refractivity contribution in [1.29, 1.82) is 0 Å². The van der Waals surface area contributed by atoms with Crippen molar-refractivity contribution in [1.82, 2.24) is 0 Å². The number of carbonyl (C=O) groups is 1. The van der Waals surface area contributed by atoms with E-state index in [0.717, 1.165) is 51.6 Å². The fourth-order valence-electron chi connectivity index (χ4n) is 6.27. The summed E-state index contributed by atoms with van der Waals surface area (Å²) in [6.45, 7) is 10.3. The first-order valence-electron chi connectivity index (χ1n) is 19.6. The zero-order chi connectivity index (χ0) is 38.3. The molecule has 55 heavy (non-hydrogen) atoms. The maximum absolute atomic E-state index is 13.9. The number of likely N-dealkylation sites (N-methyl/N-ethyl adjacent to an activating group) is 2. The van der Waals surface area contributed by atoms with Gasteiger partial charge in [-0.05, 0) is 66.8 Å². The highest BCUT2D eigenvalue weighted by atomic mass is 16.6. The molecule has 0 N–H and O–H groups in total. The predicted octanol–water partition coefficient (Wildman–Crippen LogP) is 4.70. The van der Waals surface area contributed by atoms with Crippen LogP contribution in [0.15, 0.2) is 47.5 Å². The van der Waals surface area contributed by atoms with Crippen molar-refractivity contribution in [2.24, 2.45) is 0 Å². The Kier molecular flexibility index (Phi) is 19.3. The van der Waals surface area contributed by atoms with Crippen molar-refractivity contribution in [2.75, 3.05) is 156 Å². The van der Waals surface area contributed by atoms with Gasteiger partial charge in [0.1, 0.15) is 24.7 Å². The second-order valence-corrected chi connectivity index (χ2v) is 13.4. The van der Waals surface area contributed by atoms with Crippen LogP contribution in [0.4, 0.5) is 11.4 Å². The molecule has 0 unspecified atom stereocenters. The second kappa shape index (κ2) is 24.9. The number of fused-ring (bicyclic) bond motifs is 2. The highest BCUT2D eigenvalue weighted by molar-refractivity contribution is 6.14. The van der Waals surface area contributed by atoms with Gasteiger partial charge in [0.2, 0.25) is 0 Å². The van der Waals surface area contributed by atoms with Crippen LogP contribution in [0.2, 0.25) is 0 Å². The van der Waals surface area contributed by atoms with Gasteiger partial charge >= 0.3 is 0 Å². The lowest BCUT2D eigenvalue weighted by Crippen LogP contribution is -2.24. The van der Waals surface area contributed by atoms with Crippen LogP contribution in [0.25, 0.3) is 12.2 Å². The number of rotatable bonds is 2. The molecule has 0 radical (unpaired) electrons. The number of ketones is 1. The molecule has 0 atom stereocenters. The highest BCUT2D eigenvalue weighted by Crippen LogP contribution is 2.34. The summed E-state index contributed by atoms with van der Waals surface area (Å²) in [5.74, 6) is 1.52. The molecule has 1 fully saturated rings. The zero-order valence-corrected chi connectivity index (χ0v) is 32.8. The first-order chi connectivity index (χ1) is 27.1. The summed E-state index contributed by atoms with van der Waals surface area (Å²) in [4.78, 5) is 18.2. The molecule has 2 aromatic carbocycles. The van der Waals surface area contributed by atoms with Gasteiger partial charge in [-0.3, -0.25) is 4.79 Å². The first-order valence-corrected chi connectivity index (χ1v) is 19.6. The Balaban J connectivity index is 1.29. The number of anilines is 2. The Labute approximate surface area is 326 Å². The number of Topliss-reactive ketones (excluding diaryl/α,β-unsaturated/α-hetero) is 1. The third-order valence-corrected chi connectivity index (χ3v) is 9.29. The summed E-state index contributed by atoms with van der Waals surface area (Å²) in [5.41, 5.74) is 5.26. The molecule has 304 valence electrons. The van der Waals surface area contributed by atoms with E-state index in [-0.39, 0.29) is 5.78 Å². The van der Waals surface area contributed by atoms with E-state index in [0.29, 0.717) is 145 Å². The van der Waals surface area contributed by atoms with Gasteiger partial charge in [0.25, 0.3) is 0 Å². The Morgan fingerprint density at radius 3 is 1.15 bits per heavy atom. The van der Waals surface area contributed by atoms with Crippen molar-refractivity contribution < 1.29 is 52.2 Å². The fourth-order valence-corrected chi connectivity index (χ4v) is 6.27. The molecule has 0 bridgehead atoms. The minimum absolute atomic E-state index is 0.0633. The molecule has 0 saturated heterocycles. The standard InChI is InChI=1S/C42H60N2O11/c1-43-10-12-46-14-16-48-18-20-50-22-24-52-26-28-54-40-32-34(6-8-38(40)43)30-36-4-3-5-37(42(36)45)31-35-7-9-39-41(33-35)55-29-27-53-25-23-51-21-19-49-17-15-47-13-11-44(39)2/h6-9,30-33H,3-5,10-29H2,1-2H3/b36-30+,37-31+. The van der Waals surface area contributed by atoms with E-state index >= 15 is 0 Å².